The molecule has 0 aliphatic rings. The Bertz CT molecular complexity index is 571. The van der Waals surface area contributed by atoms with Crippen LogP contribution in [0.4, 0.5) is 4.39 Å². The molecule has 0 aliphatic heterocycles. The van der Waals surface area contributed by atoms with Gasteiger partial charge in [-0.15, -0.1) is 5.10 Å². The van der Waals surface area contributed by atoms with Crippen LogP contribution in [0.25, 0.3) is 11.4 Å². The van der Waals surface area contributed by atoms with Crippen LogP contribution in [0, 0.1) is 0 Å². The monoisotopic (exact) mass is 278 g/mol. The third kappa shape index (κ3) is 2.98. The topological polar surface area (TPSA) is 69.9 Å². The molecule has 0 saturated heterocycles. The Morgan fingerprint density at radius 2 is 2.30 bits per heavy atom. The molecule has 0 N–H and O–H groups in total. The minimum absolute atomic E-state index is 0.101. The van der Waals surface area contributed by atoms with Gasteiger partial charge >= 0.3 is 5.97 Å². The molecule has 0 amide bonds. The Morgan fingerprint density at radius 1 is 1.45 bits per heavy atom. The summed E-state index contributed by atoms with van der Waals surface area (Å²) in [5.74, 6) is -0.556. The molecule has 0 saturated carbocycles. The maximum atomic E-state index is 12.3. The molecule has 2 aromatic heterocycles. The molecular weight excluding hydrogens is 263 g/mol. The quantitative estimate of drug-likeness (QED) is 0.754. The van der Waals surface area contributed by atoms with E-state index in [1.54, 1.807) is 31.3 Å². The number of carbonyl (C=O) groups is 1. The van der Waals surface area contributed by atoms with E-state index in [-0.39, 0.29) is 12.3 Å². The number of pyridine rings is 1. The van der Waals surface area contributed by atoms with Gasteiger partial charge in [0.25, 0.3) is 0 Å². The van der Waals surface area contributed by atoms with Gasteiger partial charge in [-0.2, -0.15) is 0 Å². The fraction of sp³-hybridized carbons (Fsp3) is 0.385. The highest BCUT2D eigenvalue weighted by Gasteiger charge is 2.22. The number of ether oxygens (including phenoxy) is 1. The first-order valence-corrected chi connectivity index (χ1v) is 6.36. The molecule has 0 aromatic carbocycles. The van der Waals surface area contributed by atoms with Gasteiger partial charge in [-0.3, -0.25) is 9.37 Å². The van der Waals surface area contributed by atoms with Gasteiger partial charge in [-0.05, 0) is 25.5 Å². The maximum absolute atomic E-state index is 12.3. The van der Waals surface area contributed by atoms with Gasteiger partial charge < -0.3 is 4.74 Å². The van der Waals surface area contributed by atoms with E-state index in [0.29, 0.717) is 24.4 Å². The van der Waals surface area contributed by atoms with E-state index >= 15 is 0 Å². The summed E-state index contributed by atoms with van der Waals surface area (Å²) in [7, 11) is 0. The van der Waals surface area contributed by atoms with E-state index in [4.69, 9.17) is 4.74 Å². The van der Waals surface area contributed by atoms with Crippen molar-refractivity contribution in [2.45, 2.75) is 19.9 Å². The Morgan fingerprint density at radius 3 is 2.95 bits per heavy atom. The van der Waals surface area contributed by atoms with Crippen LogP contribution < -0.4 is 0 Å². The molecular formula is C13H15FN4O2. The van der Waals surface area contributed by atoms with Crippen molar-refractivity contribution in [2.75, 3.05) is 13.3 Å². The molecule has 106 valence electrons. The van der Waals surface area contributed by atoms with Crippen molar-refractivity contribution in [3.63, 3.8) is 0 Å². The number of esters is 1. The minimum atomic E-state index is -0.556. The van der Waals surface area contributed by atoms with Crippen molar-refractivity contribution in [3.05, 3.63) is 30.1 Å². The van der Waals surface area contributed by atoms with Crippen LogP contribution in [0.1, 0.15) is 23.8 Å². The van der Waals surface area contributed by atoms with Crippen LogP contribution in [0.15, 0.2) is 24.4 Å². The summed E-state index contributed by atoms with van der Waals surface area (Å²) in [4.78, 5) is 16.1. The Hall–Kier alpha value is -2.31. The molecule has 0 radical (unpaired) electrons. The average Bonchev–Trinajstić information content (AvgIpc) is 2.90. The number of aryl methyl sites for hydroxylation is 1. The summed E-state index contributed by atoms with van der Waals surface area (Å²) >= 11 is 0. The molecule has 7 heteroatoms. The SMILES string of the molecule is CCOC(=O)c1nnn(CCCF)c1-c1ccccn1. The fourth-order valence-corrected chi connectivity index (χ4v) is 1.77. The van der Waals surface area contributed by atoms with E-state index in [2.05, 4.69) is 15.3 Å². The zero-order valence-electron chi connectivity index (χ0n) is 11.1. The standard InChI is InChI=1S/C13H15FN4O2/c1-2-20-13(19)11-12(10-6-3-4-8-15-10)18(17-16-11)9-5-7-14/h3-4,6,8H,2,5,7,9H2,1H3. The van der Waals surface area contributed by atoms with Gasteiger partial charge in [-0.25, -0.2) is 9.48 Å². The molecule has 0 atom stereocenters. The summed E-state index contributed by atoms with van der Waals surface area (Å²) < 4.78 is 18.8. The van der Waals surface area contributed by atoms with Crippen molar-refractivity contribution < 1.29 is 13.9 Å². The zero-order valence-corrected chi connectivity index (χ0v) is 11.1. The van der Waals surface area contributed by atoms with Gasteiger partial charge in [0.2, 0.25) is 0 Å². The summed E-state index contributed by atoms with van der Waals surface area (Å²) in [6.45, 7) is 1.83. The molecule has 0 spiro atoms. The van der Waals surface area contributed by atoms with E-state index in [1.165, 1.54) is 4.68 Å². The van der Waals surface area contributed by atoms with Crippen LogP contribution in [0.5, 0.6) is 0 Å². The maximum Gasteiger partial charge on any atom is 0.361 e. The van der Waals surface area contributed by atoms with Crippen LogP contribution >= 0.6 is 0 Å². The summed E-state index contributed by atoms with van der Waals surface area (Å²) in [5.41, 5.74) is 1.11. The van der Waals surface area contributed by atoms with Gasteiger partial charge in [0.1, 0.15) is 5.69 Å². The van der Waals surface area contributed by atoms with E-state index in [9.17, 15) is 9.18 Å². The molecule has 0 fully saturated rings. The number of rotatable bonds is 6. The van der Waals surface area contributed by atoms with E-state index in [0.717, 1.165) is 0 Å². The lowest BCUT2D eigenvalue weighted by molar-refractivity contribution is 0.0520. The van der Waals surface area contributed by atoms with Crippen molar-refractivity contribution in [2.24, 2.45) is 0 Å². The first-order valence-electron chi connectivity index (χ1n) is 6.36. The normalized spacial score (nSPS) is 10.5. The smallest absolute Gasteiger partial charge is 0.361 e. The third-order valence-corrected chi connectivity index (χ3v) is 2.61. The summed E-state index contributed by atoms with van der Waals surface area (Å²) in [6.07, 6.45) is 1.90. The molecule has 0 bridgehead atoms. The minimum Gasteiger partial charge on any atom is -0.461 e. The second-order valence-electron chi connectivity index (χ2n) is 3.99. The van der Waals surface area contributed by atoms with Gasteiger partial charge in [-0.1, -0.05) is 11.3 Å². The first-order chi connectivity index (χ1) is 9.77. The van der Waals surface area contributed by atoms with Crippen LogP contribution in [-0.4, -0.2) is 39.2 Å². The largest absolute Gasteiger partial charge is 0.461 e. The number of aromatic nitrogens is 4. The number of nitrogens with zero attached hydrogens (tertiary/aromatic N) is 4. The Labute approximate surface area is 115 Å². The number of halogens is 1. The highest BCUT2D eigenvalue weighted by atomic mass is 19.1. The molecule has 6 nitrogen and oxygen atoms in total. The highest BCUT2D eigenvalue weighted by Crippen LogP contribution is 2.21. The molecule has 0 aliphatic carbocycles. The van der Waals surface area contributed by atoms with Gasteiger partial charge in [0, 0.05) is 12.7 Å². The number of alkyl halides is 1. The molecule has 2 aromatic rings. The number of carbonyl (C=O) groups excluding carboxylic acids is 1. The molecule has 0 unspecified atom stereocenters. The van der Waals surface area contributed by atoms with E-state index < -0.39 is 12.6 Å². The van der Waals surface area contributed by atoms with Crippen LogP contribution in [0.3, 0.4) is 0 Å². The van der Waals surface area contributed by atoms with Crippen molar-refractivity contribution in [1.82, 2.24) is 20.0 Å². The van der Waals surface area contributed by atoms with Crippen molar-refractivity contribution >= 4 is 5.97 Å². The first kappa shape index (κ1) is 14.1. The predicted molar refractivity (Wildman–Crippen MR) is 69.8 cm³/mol. The average molecular weight is 278 g/mol. The lowest BCUT2D eigenvalue weighted by atomic mass is 10.2. The van der Waals surface area contributed by atoms with Gasteiger partial charge in [0.05, 0.1) is 19.0 Å². The summed E-state index contributed by atoms with van der Waals surface area (Å²) in [6, 6.07) is 5.31. The van der Waals surface area contributed by atoms with Crippen molar-refractivity contribution in [1.29, 1.82) is 0 Å². The lowest BCUT2D eigenvalue weighted by Crippen LogP contribution is -2.09. The number of hydrogen-bond acceptors (Lipinski definition) is 5. The van der Waals surface area contributed by atoms with Crippen LogP contribution in [-0.2, 0) is 11.3 Å². The third-order valence-electron chi connectivity index (χ3n) is 2.61. The van der Waals surface area contributed by atoms with E-state index in [1.807, 2.05) is 0 Å². The Kier molecular flexibility index (Phi) is 4.75. The Balaban J connectivity index is 2.43. The second-order valence-corrected chi connectivity index (χ2v) is 3.99. The highest BCUT2D eigenvalue weighted by molar-refractivity contribution is 5.93. The van der Waals surface area contributed by atoms with Crippen molar-refractivity contribution in [3.8, 4) is 11.4 Å². The van der Waals surface area contributed by atoms with Crippen LogP contribution in [0.2, 0.25) is 0 Å². The second kappa shape index (κ2) is 6.74. The molecule has 2 rings (SSSR count). The number of hydrogen-bond donors (Lipinski definition) is 0. The predicted octanol–water partition coefficient (Wildman–Crippen LogP) is 1.88. The zero-order chi connectivity index (χ0) is 14.4. The lowest BCUT2D eigenvalue weighted by Gasteiger charge is -2.06. The summed E-state index contributed by atoms with van der Waals surface area (Å²) in [5, 5.41) is 7.73. The molecule has 20 heavy (non-hydrogen) atoms. The fourth-order valence-electron chi connectivity index (χ4n) is 1.77. The molecule has 2 heterocycles. The van der Waals surface area contributed by atoms with Gasteiger partial charge in [0.15, 0.2) is 5.69 Å².